The zero-order valence-corrected chi connectivity index (χ0v) is 23.2. The fourth-order valence-electron chi connectivity index (χ4n) is 5.94. The molecule has 1 aliphatic carbocycles. The summed E-state index contributed by atoms with van der Waals surface area (Å²) in [5.74, 6) is 0.541. The monoisotopic (exact) mass is 504 g/mol. The number of aliphatic imine (C=N–C) groups is 1. The van der Waals surface area contributed by atoms with Crippen molar-refractivity contribution >= 4 is 11.7 Å². The Kier molecular flexibility index (Phi) is 9.56. The van der Waals surface area contributed by atoms with Gasteiger partial charge < -0.3 is 21.3 Å². The molecule has 1 aliphatic heterocycles. The number of nitriles is 1. The van der Waals surface area contributed by atoms with Gasteiger partial charge >= 0.3 is 0 Å². The van der Waals surface area contributed by atoms with Crippen LogP contribution in [0.2, 0.25) is 0 Å². The summed E-state index contributed by atoms with van der Waals surface area (Å²) in [4.78, 5) is 19.4. The van der Waals surface area contributed by atoms with Gasteiger partial charge in [-0.1, -0.05) is 31.2 Å². The third kappa shape index (κ3) is 6.07. The number of fused-ring (bicyclic) bond motifs is 1. The molecule has 1 heterocycles. The van der Waals surface area contributed by atoms with E-state index in [1.807, 2.05) is 12.1 Å². The molecule has 1 aromatic rings. The number of nitrogens with two attached hydrogens (primary N) is 1. The van der Waals surface area contributed by atoms with Crippen molar-refractivity contribution in [3.8, 4) is 6.07 Å². The number of carbonyl (C=O) groups is 1. The van der Waals surface area contributed by atoms with E-state index < -0.39 is 5.41 Å². The van der Waals surface area contributed by atoms with Gasteiger partial charge in [0.05, 0.1) is 11.5 Å². The second-order valence-electron chi connectivity index (χ2n) is 10.6. The Bertz CT molecular complexity index is 1100. The van der Waals surface area contributed by atoms with E-state index in [0.29, 0.717) is 17.9 Å². The summed E-state index contributed by atoms with van der Waals surface area (Å²) in [6, 6.07) is 8.50. The van der Waals surface area contributed by atoms with Gasteiger partial charge in [0, 0.05) is 43.5 Å². The van der Waals surface area contributed by atoms with E-state index in [9.17, 15) is 10.1 Å². The maximum absolute atomic E-state index is 12.4. The molecule has 0 aromatic heterocycles. The van der Waals surface area contributed by atoms with Gasteiger partial charge in [-0.25, -0.2) is 0 Å². The molecule has 1 saturated heterocycles. The lowest BCUT2D eigenvalue weighted by Crippen LogP contribution is -2.48. The van der Waals surface area contributed by atoms with Crippen LogP contribution in [0.15, 0.2) is 47.1 Å². The van der Waals surface area contributed by atoms with Crippen LogP contribution in [-0.4, -0.2) is 54.9 Å². The first-order chi connectivity index (χ1) is 17.7. The largest absolute Gasteiger partial charge is 0.386 e. The number of aryl methyl sites for hydroxylation is 1. The van der Waals surface area contributed by atoms with Gasteiger partial charge in [0.2, 0.25) is 0 Å². The fourth-order valence-corrected chi connectivity index (χ4v) is 5.94. The van der Waals surface area contributed by atoms with Gasteiger partial charge in [-0.2, -0.15) is 5.26 Å². The molecule has 1 amide bonds. The molecule has 2 aliphatic rings. The van der Waals surface area contributed by atoms with Crippen LogP contribution in [0.4, 0.5) is 0 Å². The third-order valence-electron chi connectivity index (χ3n) is 7.70. The highest BCUT2D eigenvalue weighted by atomic mass is 16.1. The highest BCUT2D eigenvalue weighted by Crippen LogP contribution is 2.43. The molecule has 0 bridgehead atoms. The minimum atomic E-state index is -0.567. The summed E-state index contributed by atoms with van der Waals surface area (Å²) < 4.78 is 0. The molecule has 2 unspecified atom stereocenters. The maximum atomic E-state index is 12.4. The molecule has 3 atom stereocenters. The summed E-state index contributed by atoms with van der Waals surface area (Å²) in [5.41, 5.74) is 11.6. The molecule has 4 N–H and O–H groups in total. The Morgan fingerprint density at radius 3 is 2.78 bits per heavy atom. The van der Waals surface area contributed by atoms with Crippen LogP contribution in [-0.2, 0) is 11.8 Å². The minimum absolute atomic E-state index is 0.0629. The third-order valence-corrected chi connectivity index (χ3v) is 7.70. The molecule has 7 nitrogen and oxygen atoms in total. The number of likely N-dealkylation sites (tertiary alicyclic amines) is 1. The lowest BCUT2D eigenvalue weighted by molar-refractivity contribution is 0.0963. The van der Waals surface area contributed by atoms with Crippen molar-refractivity contribution in [2.75, 3.05) is 20.1 Å². The van der Waals surface area contributed by atoms with E-state index in [4.69, 9.17) is 10.7 Å². The standard InChI is InChI=1S/C30H44N6O/c1-7-25-11-8-10-23-16-24(28(37)33-6)13-14-27(23)30(25,29(32)35-20(2)3)17-21(4)34-19-22(5)36-15-9-12-26(36)18-31/h11,13-14,16,20-21,26,34H,5,7-10,12,15,17,19H2,1-4,6H3,(H2,32,35)(H,33,37)/t21-,26?,30?/m1/s1. The average Bonchev–Trinajstić information content (AvgIpc) is 3.30. The highest BCUT2D eigenvalue weighted by molar-refractivity contribution is 5.97. The van der Waals surface area contributed by atoms with Crippen molar-refractivity contribution in [1.29, 1.82) is 5.26 Å². The summed E-state index contributed by atoms with van der Waals surface area (Å²) in [6.07, 6.45) is 7.60. The number of hydrogen-bond donors (Lipinski definition) is 3. The van der Waals surface area contributed by atoms with Crippen molar-refractivity contribution in [1.82, 2.24) is 15.5 Å². The van der Waals surface area contributed by atoms with Crippen LogP contribution in [0.1, 0.15) is 81.3 Å². The van der Waals surface area contributed by atoms with Gasteiger partial charge in [-0.3, -0.25) is 9.79 Å². The molecular formula is C30H44N6O. The number of hydrogen-bond acceptors (Lipinski definition) is 5. The van der Waals surface area contributed by atoms with E-state index in [-0.39, 0.29) is 24.0 Å². The SMILES string of the molecule is C=C(CN[C@H](C)CC1(C(N)=NC(C)C)C(CC)=CCCc2cc(C(=O)NC)ccc21)N1CCCC1C#N. The van der Waals surface area contributed by atoms with E-state index in [1.54, 1.807) is 7.05 Å². The normalized spacial score (nSPS) is 22.6. The highest BCUT2D eigenvalue weighted by Gasteiger charge is 2.43. The van der Waals surface area contributed by atoms with E-state index >= 15 is 0 Å². The number of carbonyl (C=O) groups excluding carboxylic acids is 1. The van der Waals surface area contributed by atoms with Crippen LogP contribution in [0, 0.1) is 11.3 Å². The van der Waals surface area contributed by atoms with Gasteiger partial charge in [0.25, 0.3) is 5.91 Å². The zero-order chi connectivity index (χ0) is 27.2. The number of nitrogens with zero attached hydrogens (tertiary/aromatic N) is 3. The Morgan fingerprint density at radius 1 is 1.38 bits per heavy atom. The van der Waals surface area contributed by atoms with Gasteiger partial charge in [0.1, 0.15) is 11.9 Å². The van der Waals surface area contributed by atoms with Crippen LogP contribution < -0.4 is 16.4 Å². The Labute approximate surface area is 222 Å². The number of rotatable bonds is 10. The molecule has 1 fully saturated rings. The first-order valence-electron chi connectivity index (χ1n) is 13.6. The molecule has 37 heavy (non-hydrogen) atoms. The number of nitrogens with one attached hydrogen (secondary N) is 2. The Morgan fingerprint density at radius 2 is 2.14 bits per heavy atom. The first-order valence-corrected chi connectivity index (χ1v) is 13.6. The quantitative estimate of drug-likeness (QED) is 0.251. The van der Waals surface area contributed by atoms with Gasteiger partial charge in [-0.15, -0.1) is 0 Å². The molecule has 7 heteroatoms. The summed E-state index contributed by atoms with van der Waals surface area (Å²) in [5, 5.41) is 15.9. The predicted molar refractivity (Wildman–Crippen MR) is 152 cm³/mol. The first kappa shape index (κ1) is 28.5. The van der Waals surface area contributed by atoms with Crippen LogP contribution >= 0.6 is 0 Å². The van der Waals surface area contributed by atoms with Crippen molar-refractivity contribution in [3.05, 3.63) is 58.8 Å². The molecule has 1 aromatic carbocycles. The molecule has 200 valence electrons. The van der Waals surface area contributed by atoms with Crippen molar-refractivity contribution in [3.63, 3.8) is 0 Å². The summed E-state index contributed by atoms with van der Waals surface area (Å²) in [6.45, 7) is 14.2. The van der Waals surface area contributed by atoms with Crippen molar-refractivity contribution < 1.29 is 4.79 Å². The lowest BCUT2D eigenvalue weighted by atomic mass is 9.67. The number of amidine groups is 1. The predicted octanol–water partition coefficient (Wildman–Crippen LogP) is 4.20. The van der Waals surface area contributed by atoms with Crippen LogP contribution in [0.3, 0.4) is 0 Å². The minimum Gasteiger partial charge on any atom is -0.386 e. The van der Waals surface area contributed by atoms with Crippen molar-refractivity contribution in [2.45, 2.75) is 89.8 Å². The van der Waals surface area contributed by atoms with E-state index in [2.05, 4.69) is 68.0 Å². The number of allylic oxidation sites excluding steroid dienone is 1. The van der Waals surface area contributed by atoms with Crippen LogP contribution in [0.5, 0.6) is 0 Å². The summed E-state index contributed by atoms with van der Waals surface area (Å²) >= 11 is 0. The Hall–Kier alpha value is -3.11. The van der Waals surface area contributed by atoms with Crippen molar-refractivity contribution in [2.24, 2.45) is 10.7 Å². The van der Waals surface area contributed by atoms with E-state index in [1.165, 1.54) is 5.57 Å². The second-order valence-corrected chi connectivity index (χ2v) is 10.6. The summed E-state index contributed by atoms with van der Waals surface area (Å²) in [7, 11) is 1.66. The van der Waals surface area contributed by atoms with Gasteiger partial charge in [0.15, 0.2) is 0 Å². The molecule has 0 spiro atoms. The van der Waals surface area contributed by atoms with E-state index in [0.717, 1.165) is 61.9 Å². The van der Waals surface area contributed by atoms with Gasteiger partial charge in [-0.05, 0) is 82.6 Å². The average molecular weight is 505 g/mol. The zero-order valence-electron chi connectivity index (χ0n) is 23.2. The molecule has 0 saturated carbocycles. The molecular weight excluding hydrogens is 460 g/mol. The second kappa shape index (κ2) is 12.4. The Balaban J connectivity index is 2.00. The smallest absolute Gasteiger partial charge is 0.251 e. The number of amides is 1. The molecule has 0 radical (unpaired) electrons. The van der Waals surface area contributed by atoms with Crippen LogP contribution in [0.25, 0.3) is 0 Å². The number of benzene rings is 1. The lowest BCUT2D eigenvalue weighted by Gasteiger charge is -2.40. The topological polar surface area (TPSA) is 107 Å². The fraction of sp³-hybridized carbons (Fsp3) is 0.567. The molecule has 3 rings (SSSR count). The maximum Gasteiger partial charge on any atom is 0.251 e.